The van der Waals surface area contributed by atoms with Gasteiger partial charge in [-0.1, -0.05) is 24.3 Å². The summed E-state index contributed by atoms with van der Waals surface area (Å²) in [4.78, 5) is 10.4. The van der Waals surface area contributed by atoms with Crippen molar-refractivity contribution in [1.82, 2.24) is 5.32 Å². The Balaban J connectivity index is 0.00000112. The van der Waals surface area contributed by atoms with Crippen LogP contribution in [-0.2, 0) is 17.6 Å². The molecule has 0 amide bonds. The molecule has 0 spiro atoms. The highest BCUT2D eigenvalue weighted by molar-refractivity contribution is 5.85. The van der Waals surface area contributed by atoms with Crippen molar-refractivity contribution in [2.75, 3.05) is 6.54 Å². The van der Waals surface area contributed by atoms with Gasteiger partial charge in [0.25, 0.3) is 0 Å². The second-order valence-corrected chi connectivity index (χ2v) is 3.65. The molecule has 0 saturated heterocycles. The molecule has 0 aliphatic heterocycles. The summed E-state index contributed by atoms with van der Waals surface area (Å²) in [6, 6.07) is 8.57. The van der Waals surface area contributed by atoms with Crippen LogP contribution in [0.5, 0.6) is 0 Å². The van der Waals surface area contributed by atoms with Crippen molar-refractivity contribution >= 4 is 18.4 Å². The van der Waals surface area contributed by atoms with E-state index in [0.717, 1.165) is 12.8 Å². The van der Waals surface area contributed by atoms with Gasteiger partial charge in [0, 0.05) is 6.04 Å². The molecule has 1 aromatic rings. The molecule has 1 aliphatic carbocycles. The fourth-order valence-electron chi connectivity index (χ4n) is 1.93. The molecule has 0 radical (unpaired) electrons. The minimum Gasteiger partial charge on any atom is -0.480 e. The molecule has 0 atom stereocenters. The number of carboxylic acid groups (broad SMARTS) is 1. The highest BCUT2D eigenvalue weighted by Crippen LogP contribution is 2.21. The average Bonchev–Trinajstić information content (AvgIpc) is 2.57. The van der Waals surface area contributed by atoms with Crippen molar-refractivity contribution in [3.63, 3.8) is 0 Å². The summed E-state index contributed by atoms with van der Waals surface area (Å²) in [6.07, 6.45) is 1.90. The number of carbonyl (C=O) groups is 1. The van der Waals surface area contributed by atoms with Crippen molar-refractivity contribution in [3.8, 4) is 0 Å². The normalized spacial score (nSPS) is 14.4. The minimum absolute atomic E-state index is 0. The third-order valence-electron chi connectivity index (χ3n) is 2.59. The van der Waals surface area contributed by atoms with Crippen LogP contribution in [0.25, 0.3) is 0 Å². The van der Waals surface area contributed by atoms with Crippen LogP contribution in [-0.4, -0.2) is 23.7 Å². The predicted molar refractivity (Wildman–Crippen MR) is 60.5 cm³/mol. The molecule has 0 unspecified atom stereocenters. The first-order valence-corrected chi connectivity index (χ1v) is 4.77. The monoisotopic (exact) mass is 227 g/mol. The molecule has 2 rings (SSSR count). The summed E-state index contributed by atoms with van der Waals surface area (Å²) >= 11 is 0. The van der Waals surface area contributed by atoms with Crippen LogP contribution >= 0.6 is 12.4 Å². The van der Waals surface area contributed by atoms with Gasteiger partial charge in [-0.3, -0.25) is 4.79 Å². The Hall–Kier alpha value is -1.06. The van der Waals surface area contributed by atoms with Crippen LogP contribution < -0.4 is 5.32 Å². The second-order valence-electron chi connectivity index (χ2n) is 3.65. The summed E-state index contributed by atoms with van der Waals surface area (Å²) in [5.74, 6) is -0.791. The average molecular weight is 228 g/mol. The third-order valence-corrected chi connectivity index (χ3v) is 2.59. The Morgan fingerprint density at radius 1 is 1.33 bits per heavy atom. The maximum absolute atomic E-state index is 10.4. The summed E-state index contributed by atoms with van der Waals surface area (Å²) in [5, 5.41) is 11.6. The van der Waals surface area contributed by atoms with Gasteiger partial charge in [0.15, 0.2) is 0 Å². The van der Waals surface area contributed by atoms with Gasteiger partial charge in [-0.05, 0) is 24.0 Å². The Kier molecular flexibility index (Phi) is 4.12. The van der Waals surface area contributed by atoms with E-state index in [0.29, 0.717) is 6.04 Å². The van der Waals surface area contributed by atoms with Crippen LogP contribution in [0.15, 0.2) is 24.3 Å². The lowest BCUT2D eigenvalue weighted by atomic mass is 10.1. The number of carboxylic acids is 1. The zero-order chi connectivity index (χ0) is 9.97. The lowest BCUT2D eigenvalue weighted by Gasteiger charge is -2.08. The van der Waals surface area contributed by atoms with E-state index < -0.39 is 5.97 Å². The molecule has 15 heavy (non-hydrogen) atoms. The first-order chi connectivity index (χ1) is 6.75. The van der Waals surface area contributed by atoms with Gasteiger partial charge in [0.1, 0.15) is 0 Å². The van der Waals surface area contributed by atoms with Gasteiger partial charge in [0.05, 0.1) is 6.54 Å². The van der Waals surface area contributed by atoms with Gasteiger partial charge in [-0.15, -0.1) is 12.4 Å². The van der Waals surface area contributed by atoms with E-state index in [1.807, 2.05) is 12.1 Å². The largest absolute Gasteiger partial charge is 0.480 e. The Morgan fingerprint density at radius 3 is 2.33 bits per heavy atom. The van der Waals surface area contributed by atoms with Crippen LogP contribution in [0.1, 0.15) is 11.1 Å². The zero-order valence-corrected chi connectivity index (χ0v) is 9.09. The fourth-order valence-corrected chi connectivity index (χ4v) is 1.93. The number of rotatable bonds is 3. The van der Waals surface area contributed by atoms with E-state index in [1.165, 1.54) is 11.1 Å². The minimum atomic E-state index is -0.791. The molecule has 0 saturated carbocycles. The summed E-state index contributed by atoms with van der Waals surface area (Å²) in [7, 11) is 0. The van der Waals surface area contributed by atoms with Gasteiger partial charge < -0.3 is 10.4 Å². The summed E-state index contributed by atoms with van der Waals surface area (Å²) in [5.41, 5.74) is 2.69. The molecule has 2 N–H and O–H groups in total. The van der Waals surface area contributed by atoms with Crippen molar-refractivity contribution < 1.29 is 9.90 Å². The molecule has 0 aromatic heterocycles. The lowest BCUT2D eigenvalue weighted by molar-refractivity contribution is -0.136. The van der Waals surface area contributed by atoms with Gasteiger partial charge in [-0.2, -0.15) is 0 Å². The molecule has 0 fully saturated rings. The van der Waals surface area contributed by atoms with Gasteiger partial charge >= 0.3 is 5.97 Å². The molecule has 3 nitrogen and oxygen atoms in total. The van der Waals surface area contributed by atoms with Crippen molar-refractivity contribution in [1.29, 1.82) is 0 Å². The number of fused-ring (bicyclic) bond motifs is 1. The van der Waals surface area contributed by atoms with E-state index in [2.05, 4.69) is 17.4 Å². The zero-order valence-electron chi connectivity index (χ0n) is 8.27. The van der Waals surface area contributed by atoms with E-state index in [4.69, 9.17) is 5.11 Å². The number of nitrogens with one attached hydrogen (secondary N) is 1. The molecule has 0 heterocycles. The third kappa shape index (κ3) is 2.94. The first kappa shape index (κ1) is 12.0. The molecule has 1 aromatic carbocycles. The Bertz CT molecular complexity index is 329. The topological polar surface area (TPSA) is 49.3 Å². The highest BCUT2D eigenvalue weighted by atomic mass is 35.5. The molecule has 1 aliphatic rings. The van der Waals surface area contributed by atoms with Crippen molar-refractivity contribution in [3.05, 3.63) is 35.4 Å². The number of benzene rings is 1. The molecular weight excluding hydrogens is 214 g/mol. The maximum atomic E-state index is 10.4. The van der Waals surface area contributed by atoms with E-state index in [1.54, 1.807) is 0 Å². The quantitative estimate of drug-likeness (QED) is 0.817. The summed E-state index contributed by atoms with van der Waals surface area (Å²) in [6.45, 7) is 0.0542. The van der Waals surface area contributed by atoms with Gasteiger partial charge in [0.2, 0.25) is 0 Å². The van der Waals surface area contributed by atoms with Crippen LogP contribution in [0.4, 0.5) is 0 Å². The van der Waals surface area contributed by atoms with E-state index in [9.17, 15) is 4.79 Å². The highest BCUT2D eigenvalue weighted by Gasteiger charge is 2.20. The number of hydrogen-bond acceptors (Lipinski definition) is 2. The SMILES string of the molecule is Cl.O=C(O)CNC1Cc2ccccc2C1. The Morgan fingerprint density at radius 2 is 1.87 bits per heavy atom. The molecule has 4 heteroatoms. The number of hydrogen-bond donors (Lipinski definition) is 2. The van der Waals surface area contributed by atoms with E-state index in [-0.39, 0.29) is 19.0 Å². The van der Waals surface area contributed by atoms with Crippen LogP contribution in [0, 0.1) is 0 Å². The number of aliphatic carboxylic acids is 1. The molecule has 82 valence electrons. The number of halogens is 1. The maximum Gasteiger partial charge on any atom is 0.317 e. The van der Waals surface area contributed by atoms with Crippen molar-refractivity contribution in [2.45, 2.75) is 18.9 Å². The van der Waals surface area contributed by atoms with E-state index >= 15 is 0 Å². The smallest absolute Gasteiger partial charge is 0.317 e. The lowest BCUT2D eigenvalue weighted by Crippen LogP contribution is -2.33. The molecular formula is C11H14ClNO2. The second kappa shape index (κ2) is 5.14. The predicted octanol–water partition coefficient (Wildman–Crippen LogP) is 1.25. The molecule has 0 bridgehead atoms. The van der Waals surface area contributed by atoms with Crippen LogP contribution in [0.3, 0.4) is 0 Å². The standard InChI is InChI=1S/C11H13NO2.ClH/c13-11(14)7-12-10-5-8-3-1-2-4-9(8)6-10;/h1-4,10,12H,5-7H2,(H,13,14);1H. The first-order valence-electron chi connectivity index (χ1n) is 4.77. The van der Waals surface area contributed by atoms with Crippen molar-refractivity contribution in [2.24, 2.45) is 0 Å². The van der Waals surface area contributed by atoms with Crippen LogP contribution in [0.2, 0.25) is 0 Å². The fraction of sp³-hybridized carbons (Fsp3) is 0.364. The Labute approximate surface area is 94.9 Å². The van der Waals surface area contributed by atoms with Gasteiger partial charge in [-0.25, -0.2) is 0 Å². The summed E-state index contributed by atoms with van der Waals surface area (Å²) < 4.78 is 0.